The van der Waals surface area contributed by atoms with Crippen LogP contribution < -0.4 is 5.73 Å². The summed E-state index contributed by atoms with van der Waals surface area (Å²) >= 11 is 0. The van der Waals surface area contributed by atoms with E-state index in [9.17, 15) is 4.79 Å². The van der Waals surface area contributed by atoms with Crippen LogP contribution in [0.4, 0.5) is 0 Å². The lowest BCUT2D eigenvalue weighted by Gasteiger charge is -1.99. The molecule has 3 nitrogen and oxygen atoms in total. The molecule has 0 aliphatic carbocycles. The molecule has 3 heteroatoms. The molecule has 1 aromatic rings. The highest BCUT2D eigenvalue weighted by molar-refractivity contribution is 5.50. The van der Waals surface area contributed by atoms with Crippen LogP contribution >= 0.6 is 0 Å². The molecule has 106 valence electrons. The monoisotopic (exact) mass is 255 g/mol. The molecule has 0 unspecified atom stereocenters. The summed E-state index contributed by atoms with van der Waals surface area (Å²) in [6, 6.07) is 10.1. The Morgan fingerprint density at radius 2 is 1.56 bits per heavy atom. The van der Waals surface area contributed by atoms with Crippen molar-refractivity contribution in [1.82, 2.24) is 0 Å². The highest BCUT2D eigenvalue weighted by Gasteiger charge is 1.90. The van der Waals surface area contributed by atoms with Crippen molar-refractivity contribution in [3.8, 4) is 0 Å². The molecule has 0 aliphatic heterocycles. The van der Waals surface area contributed by atoms with Gasteiger partial charge in [-0.25, -0.2) is 0 Å². The van der Waals surface area contributed by atoms with Gasteiger partial charge in [0.25, 0.3) is 0 Å². The molecule has 0 aromatic heterocycles. The highest BCUT2D eigenvalue weighted by atomic mass is 16.5. The van der Waals surface area contributed by atoms with Gasteiger partial charge in [-0.15, -0.1) is 0 Å². The number of carbonyl (C=O) groups is 1. The topological polar surface area (TPSA) is 52.3 Å². The Labute approximate surface area is 112 Å². The Kier molecular flexibility index (Phi) is 30.4. The molecule has 1 rings (SSSR count). The number of carbonyl (C=O) groups excluding carboxylic acids is 1. The Bertz CT molecular complexity index is 225. The summed E-state index contributed by atoms with van der Waals surface area (Å²) in [7, 11) is 1.50. The van der Waals surface area contributed by atoms with E-state index in [1.165, 1.54) is 12.6 Å². The molecule has 0 aliphatic rings. The van der Waals surface area contributed by atoms with E-state index in [0.717, 1.165) is 12.7 Å². The maximum atomic E-state index is 9.89. The van der Waals surface area contributed by atoms with E-state index in [-0.39, 0.29) is 6.61 Å². The first kappa shape index (κ1) is 22.0. The molecule has 0 heterocycles. The Hall–Kier alpha value is -1.19. The number of nitrogens with two attached hydrogens (primary N) is 1. The van der Waals surface area contributed by atoms with Crippen LogP contribution in [-0.2, 0) is 16.0 Å². The molecule has 1 aromatic carbocycles. The van der Waals surface area contributed by atoms with Gasteiger partial charge in [-0.2, -0.15) is 0 Å². The second kappa shape index (κ2) is 24.9. The van der Waals surface area contributed by atoms with Gasteiger partial charge in [-0.05, 0) is 19.0 Å². The molecule has 2 N–H and O–H groups in total. The lowest BCUT2D eigenvalue weighted by molar-refractivity contribution is -0.111. The highest BCUT2D eigenvalue weighted by Crippen LogP contribution is 1.98. The van der Waals surface area contributed by atoms with E-state index in [1.807, 2.05) is 58.0 Å². The number of aldehydes is 1. The average Bonchev–Trinajstić information content (AvgIpc) is 2.51. The average molecular weight is 255 g/mol. The fourth-order valence-corrected chi connectivity index (χ4v) is 0.966. The zero-order valence-corrected chi connectivity index (χ0v) is 12.5. The minimum absolute atomic E-state index is 0.201. The summed E-state index contributed by atoms with van der Waals surface area (Å²) in [6.07, 6.45) is 1.64. The van der Waals surface area contributed by atoms with Crippen molar-refractivity contribution in [3.05, 3.63) is 35.9 Å². The standard InChI is InChI=1S/C10H12O2.2C2H6.CH5N/c11-7-9-12-8-6-10-4-2-1-3-5-10;3*1-2/h1-5,7H,6,8-9H2;2*1-2H3;2H2,1H3. The predicted molar refractivity (Wildman–Crippen MR) is 79.8 cm³/mol. The Balaban J connectivity index is -0.000000328. The lowest BCUT2D eigenvalue weighted by Crippen LogP contribution is -2.00. The van der Waals surface area contributed by atoms with E-state index in [4.69, 9.17) is 4.74 Å². The maximum absolute atomic E-state index is 9.89. The number of benzene rings is 1. The van der Waals surface area contributed by atoms with Crippen LogP contribution in [0.1, 0.15) is 33.3 Å². The zero-order valence-electron chi connectivity index (χ0n) is 12.5. The molecule has 0 radical (unpaired) electrons. The van der Waals surface area contributed by atoms with Gasteiger partial charge in [0.2, 0.25) is 0 Å². The molecular formula is C15H29NO2. The largest absolute Gasteiger partial charge is 0.374 e. The molecule has 18 heavy (non-hydrogen) atoms. The van der Waals surface area contributed by atoms with Crippen molar-refractivity contribution in [2.75, 3.05) is 20.3 Å². The van der Waals surface area contributed by atoms with Gasteiger partial charge in [0, 0.05) is 0 Å². The molecule has 0 bridgehead atoms. The Morgan fingerprint density at radius 1 is 1.06 bits per heavy atom. The van der Waals surface area contributed by atoms with Gasteiger partial charge < -0.3 is 15.3 Å². The van der Waals surface area contributed by atoms with Crippen molar-refractivity contribution in [1.29, 1.82) is 0 Å². The van der Waals surface area contributed by atoms with Crippen LogP contribution in [0, 0.1) is 0 Å². The summed E-state index contributed by atoms with van der Waals surface area (Å²) < 4.78 is 5.02. The van der Waals surface area contributed by atoms with Crippen molar-refractivity contribution < 1.29 is 9.53 Å². The SMILES string of the molecule is CC.CC.CN.O=CCOCCc1ccccc1. The summed E-state index contributed by atoms with van der Waals surface area (Å²) in [5, 5.41) is 0. The number of rotatable bonds is 5. The first-order chi connectivity index (χ1) is 8.93. The van der Waals surface area contributed by atoms with Crippen LogP contribution in [0.2, 0.25) is 0 Å². The van der Waals surface area contributed by atoms with Gasteiger partial charge in [0.1, 0.15) is 12.9 Å². The third kappa shape index (κ3) is 17.2. The Morgan fingerprint density at radius 3 is 2.00 bits per heavy atom. The van der Waals surface area contributed by atoms with E-state index < -0.39 is 0 Å². The minimum Gasteiger partial charge on any atom is -0.374 e. The number of ether oxygens (including phenoxy) is 1. The number of hydrogen-bond acceptors (Lipinski definition) is 3. The molecule has 0 amide bonds. The third-order valence-corrected chi connectivity index (χ3v) is 1.56. The summed E-state index contributed by atoms with van der Waals surface area (Å²) in [4.78, 5) is 9.89. The van der Waals surface area contributed by atoms with Crippen LogP contribution in [-0.4, -0.2) is 26.5 Å². The van der Waals surface area contributed by atoms with Gasteiger partial charge in [0.15, 0.2) is 0 Å². The second-order valence-corrected chi connectivity index (χ2v) is 2.48. The van der Waals surface area contributed by atoms with E-state index in [1.54, 1.807) is 0 Å². The normalized spacial score (nSPS) is 7.44. The van der Waals surface area contributed by atoms with Crippen LogP contribution in [0.25, 0.3) is 0 Å². The van der Waals surface area contributed by atoms with Crippen molar-refractivity contribution in [3.63, 3.8) is 0 Å². The van der Waals surface area contributed by atoms with Gasteiger partial charge in [-0.3, -0.25) is 0 Å². The molecule has 0 saturated carbocycles. The van der Waals surface area contributed by atoms with Gasteiger partial charge in [0.05, 0.1) is 6.61 Å². The van der Waals surface area contributed by atoms with E-state index >= 15 is 0 Å². The van der Waals surface area contributed by atoms with Crippen LogP contribution in [0.15, 0.2) is 30.3 Å². The minimum atomic E-state index is 0.201. The molecular weight excluding hydrogens is 226 g/mol. The quantitative estimate of drug-likeness (QED) is 0.650. The predicted octanol–water partition coefficient (Wildman–Crippen LogP) is 3.07. The van der Waals surface area contributed by atoms with Crippen LogP contribution in [0.3, 0.4) is 0 Å². The van der Waals surface area contributed by atoms with Crippen molar-refractivity contribution in [2.45, 2.75) is 34.1 Å². The molecule has 0 fully saturated rings. The first-order valence-corrected chi connectivity index (χ1v) is 6.56. The summed E-state index contributed by atoms with van der Waals surface area (Å²) in [6.45, 7) is 8.82. The van der Waals surface area contributed by atoms with Crippen LogP contribution in [0.5, 0.6) is 0 Å². The maximum Gasteiger partial charge on any atom is 0.145 e. The lowest BCUT2D eigenvalue weighted by atomic mass is 10.2. The van der Waals surface area contributed by atoms with E-state index in [2.05, 4.69) is 5.73 Å². The first-order valence-electron chi connectivity index (χ1n) is 6.56. The smallest absolute Gasteiger partial charge is 0.145 e. The third-order valence-electron chi connectivity index (χ3n) is 1.56. The molecule has 0 saturated heterocycles. The summed E-state index contributed by atoms with van der Waals surface area (Å²) in [5.41, 5.74) is 5.74. The van der Waals surface area contributed by atoms with E-state index in [0.29, 0.717) is 6.61 Å². The fourth-order valence-electron chi connectivity index (χ4n) is 0.966. The fraction of sp³-hybridized carbons (Fsp3) is 0.533. The zero-order chi connectivity index (χ0) is 14.6. The number of hydrogen-bond donors (Lipinski definition) is 1. The summed E-state index contributed by atoms with van der Waals surface area (Å²) in [5.74, 6) is 0. The van der Waals surface area contributed by atoms with Gasteiger partial charge >= 0.3 is 0 Å². The molecule has 0 atom stereocenters. The second-order valence-electron chi connectivity index (χ2n) is 2.48. The van der Waals surface area contributed by atoms with Crippen molar-refractivity contribution >= 4 is 6.29 Å². The van der Waals surface area contributed by atoms with Crippen molar-refractivity contribution in [2.24, 2.45) is 5.73 Å². The van der Waals surface area contributed by atoms with Gasteiger partial charge in [-0.1, -0.05) is 58.0 Å². The molecule has 0 spiro atoms.